The molecule has 2 aliphatic rings. The van der Waals surface area contributed by atoms with Crippen molar-refractivity contribution < 1.29 is 9.59 Å². The van der Waals surface area contributed by atoms with Crippen molar-refractivity contribution in [2.24, 2.45) is 5.73 Å². The Morgan fingerprint density at radius 2 is 1.52 bits per heavy atom. The Balaban J connectivity index is 1.70. The molecule has 1 saturated carbocycles. The van der Waals surface area contributed by atoms with E-state index in [1.165, 1.54) is 19.3 Å². The second-order valence-corrected chi connectivity index (χ2v) is 6.52. The van der Waals surface area contributed by atoms with Crippen LogP contribution in [0.3, 0.4) is 0 Å². The largest absolute Gasteiger partial charge is 0.354 e. The van der Waals surface area contributed by atoms with Crippen LogP contribution in [0.15, 0.2) is 0 Å². The zero-order valence-electron chi connectivity index (χ0n) is 13.0. The number of rotatable bonds is 4. The Morgan fingerprint density at radius 3 is 2.14 bits per heavy atom. The number of hydrogen-bond donors (Lipinski definition) is 2. The standard InChI is InChI=1S/C16H29N3O2/c17-16(9-4-3-5-10-16)15(21)18-11-8-14(20)19-12-6-1-2-7-13-19/h1-13,17H2,(H,18,21). The maximum absolute atomic E-state index is 12.2. The summed E-state index contributed by atoms with van der Waals surface area (Å²) in [7, 11) is 0. The molecule has 21 heavy (non-hydrogen) atoms. The lowest BCUT2D eigenvalue weighted by Crippen LogP contribution is -2.55. The van der Waals surface area contributed by atoms with E-state index in [1.54, 1.807) is 0 Å². The van der Waals surface area contributed by atoms with Gasteiger partial charge in [-0.1, -0.05) is 32.1 Å². The van der Waals surface area contributed by atoms with Gasteiger partial charge < -0.3 is 16.0 Å². The third-order valence-electron chi connectivity index (χ3n) is 4.78. The number of carbonyl (C=O) groups is 2. The average Bonchev–Trinajstić information content (AvgIpc) is 2.77. The Hall–Kier alpha value is -1.10. The number of amides is 2. The molecule has 0 radical (unpaired) electrons. The lowest BCUT2D eigenvalue weighted by Gasteiger charge is -2.31. The monoisotopic (exact) mass is 295 g/mol. The third-order valence-corrected chi connectivity index (χ3v) is 4.78. The maximum atomic E-state index is 12.2. The molecule has 0 atom stereocenters. The molecule has 2 amide bonds. The molecule has 1 aliphatic heterocycles. The van der Waals surface area contributed by atoms with Crippen LogP contribution >= 0.6 is 0 Å². The zero-order valence-corrected chi connectivity index (χ0v) is 13.0. The fraction of sp³-hybridized carbons (Fsp3) is 0.875. The molecule has 0 aromatic rings. The van der Waals surface area contributed by atoms with Crippen molar-refractivity contribution in [1.82, 2.24) is 10.2 Å². The summed E-state index contributed by atoms with van der Waals surface area (Å²) in [5.41, 5.74) is 5.47. The maximum Gasteiger partial charge on any atom is 0.240 e. The summed E-state index contributed by atoms with van der Waals surface area (Å²) in [6, 6.07) is 0. The number of nitrogens with zero attached hydrogens (tertiary/aromatic N) is 1. The van der Waals surface area contributed by atoms with Gasteiger partial charge in [-0.3, -0.25) is 9.59 Å². The highest BCUT2D eigenvalue weighted by atomic mass is 16.2. The summed E-state index contributed by atoms with van der Waals surface area (Å²) >= 11 is 0. The van der Waals surface area contributed by atoms with E-state index in [4.69, 9.17) is 5.73 Å². The summed E-state index contributed by atoms with van der Waals surface area (Å²) in [5.74, 6) is 0.0813. The van der Waals surface area contributed by atoms with Gasteiger partial charge in [-0.25, -0.2) is 0 Å². The molecule has 0 spiro atoms. The second-order valence-electron chi connectivity index (χ2n) is 6.52. The van der Waals surface area contributed by atoms with Crippen molar-refractivity contribution in [3.63, 3.8) is 0 Å². The Morgan fingerprint density at radius 1 is 0.952 bits per heavy atom. The second kappa shape index (κ2) is 7.78. The minimum absolute atomic E-state index is 0.0779. The highest BCUT2D eigenvalue weighted by Crippen LogP contribution is 2.25. The lowest BCUT2D eigenvalue weighted by molar-refractivity contribution is -0.131. The molecule has 3 N–H and O–H groups in total. The van der Waals surface area contributed by atoms with Crippen LogP contribution in [0.4, 0.5) is 0 Å². The number of carbonyl (C=O) groups excluding carboxylic acids is 2. The first-order valence-corrected chi connectivity index (χ1v) is 8.47. The van der Waals surface area contributed by atoms with Gasteiger partial charge in [-0.15, -0.1) is 0 Å². The zero-order chi connectivity index (χ0) is 15.1. The first-order valence-electron chi connectivity index (χ1n) is 8.47. The number of nitrogens with one attached hydrogen (secondary N) is 1. The minimum Gasteiger partial charge on any atom is -0.354 e. The molecule has 120 valence electrons. The smallest absolute Gasteiger partial charge is 0.240 e. The van der Waals surface area contributed by atoms with Gasteiger partial charge in [0.1, 0.15) is 0 Å². The van der Waals surface area contributed by atoms with E-state index in [0.29, 0.717) is 13.0 Å². The van der Waals surface area contributed by atoms with E-state index < -0.39 is 5.54 Å². The fourth-order valence-corrected chi connectivity index (χ4v) is 3.35. The summed E-state index contributed by atoms with van der Waals surface area (Å²) in [6.07, 6.45) is 9.77. The van der Waals surface area contributed by atoms with Crippen molar-refractivity contribution in [1.29, 1.82) is 0 Å². The molecular formula is C16H29N3O2. The van der Waals surface area contributed by atoms with Gasteiger partial charge in [-0.05, 0) is 25.7 Å². The first-order chi connectivity index (χ1) is 10.1. The van der Waals surface area contributed by atoms with Crippen LogP contribution in [0.1, 0.15) is 64.2 Å². The number of nitrogens with two attached hydrogens (primary N) is 1. The van der Waals surface area contributed by atoms with E-state index in [0.717, 1.165) is 51.6 Å². The number of hydrogen-bond acceptors (Lipinski definition) is 3. The normalized spacial score (nSPS) is 22.4. The molecule has 1 saturated heterocycles. The molecule has 0 unspecified atom stereocenters. The predicted molar refractivity (Wildman–Crippen MR) is 82.7 cm³/mol. The molecule has 5 heteroatoms. The van der Waals surface area contributed by atoms with Gasteiger partial charge in [0.05, 0.1) is 5.54 Å². The van der Waals surface area contributed by atoms with Gasteiger partial charge in [0.15, 0.2) is 0 Å². The molecule has 0 aromatic heterocycles. The SMILES string of the molecule is NC1(C(=O)NCCC(=O)N2CCCCCC2)CCCCC1. The molecule has 0 bridgehead atoms. The fourth-order valence-electron chi connectivity index (χ4n) is 3.35. The molecule has 2 fully saturated rings. The van der Waals surface area contributed by atoms with Gasteiger partial charge in [-0.2, -0.15) is 0 Å². The van der Waals surface area contributed by atoms with Crippen molar-refractivity contribution in [3.05, 3.63) is 0 Å². The molecular weight excluding hydrogens is 266 g/mol. The van der Waals surface area contributed by atoms with Crippen molar-refractivity contribution in [3.8, 4) is 0 Å². The van der Waals surface area contributed by atoms with Crippen LogP contribution in [0, 0.1) is 0 Å². The van der Waals surface area contributed by atoms with E-state index >= 15 is 0 Å². The summed E-state index contributed by atoms with van der Waals surface area (Å²) in [4.78, 5) is 26.2. The summed E-state index contributed by atoms with van der Waals surface area (Å²) in [5, 5.41) is 2.87. The molecule has 5 nitrogen and oxygen atoms in total. The quantitative estimate of drug-likeness (QED) is 0.826. The van der Waals surface area contributed by atoms with Crippen LogP contribution in [-0.4, -0.2) is 41.9 Å². The van der Waals surface area contributed by atoms with Crippen LogP contribution in [-0.2, 0) is 9.59 Å². The van der Waals surface area contributed by atoms with E-state index in [2.05, 4.69) is 5.32 Å². The van der Waals surface area contributed by atoms with Crippen LogP contribution in [0.2, 0.25) is 0 Å². The Bertz CT molecular complexity index is 357. The predicted octanol–water partition coefficient (Wildman–Crippen LogP) is 1.56. The van der Waals surface area contributed by atoms with Gasteiger partial charge >= 0.3 is 0 Å². The van der Waals surface area contributed by atoms with Gasteiger partial charge in [0, 0.05) is 26.1 Å². The van der Waals surface area contributed by atoms with Crippen LogP contribution in [0.25, 0.3) is 0 Å². The molecule has 1 heterocycles. The molecule has 1 aliphatic carbocycles. The third kappa shape index (κ3) is 4.70. The molecule has 2 rings (SSSR count). The summed E-state index contributed by atoms with van der Waals surface area (Å²) < 4.78 is 0. The van der Waals surface area contributed by atoms with Gasteiger partial charge in [0.25, 0.3) is 0 Å². The van der Waals surface area contributed by atoms with E-state index in [-0.39, 0.29) is 11.8 Å². The van der Waals surface area contributed by atoms with Crippen LogP contribution < -0.4 is 11.1 Å². The molecule has 0 aromatic carbocycles. The Kier molecular flexibility index (Phi) is 6.03. The Labute approximate surface area is 127 Å². The highest BCUT2D eigenvalue weighted by Gasteiger charge is 2.34. The van der Waals surface area contributed by atoms with Gasteiger partial charge in [0.2, 0.25) is 11.8 Å². The highest BCUT2D eigenvalue weighted by molar-refractivity contribution is 5.86. The van der Waals surface area contributed by atoms with Crippen LogP contribution in [0.5, 0.6) is 0 Å². The van der Waals surface area contributed by atoms with Crippen molar-refractivity contribution in [2.75, 3.05) is 19.6 Å². The number of likely N-dealkylation sites (tertiary alicyclic amines) is 1. The average molecular weight is 295 g/mol. The van der Waals surface area contributed by atoms with E-state index in [1.807, 2.05) is 4.90 Å². The summed E-state index contributed by atoms with van der Waals surface area (Å²) in [6.45, 7) is 2.15. The minimum atomic E-state index is -0.704. The first kappa shape index (κ1) is 16.3. The topological polar surface area (TPSA) is 75.4 Å². The van der Waals surface area contributed by atoms with Crippen molar-refractivity contribution in [2.45, 2.75) is 69.7 Å². The van der Waals surface area contributed by atoms with Crippen molar-refractivity contribution >= 4 is 11.8 Å². The lowest BCUT2D eigenvalue weighted by atomic mass is 9.82. The van der Waals surface area contributed by atoms with E-state index in [9.17, 15) is 9.59 Å².